The van der Waals surface area contributed by atoms with E-state index in [1.165, 1.54) is 18.4 Å². The number of aromatic nitrogens is 1. The van der Waals surface area contributed by atoms with Crippen molar-refractivity contribution in [3.8, 4) is 5.88 Å². The highest BCUT2D eigenvalue weighted by molar-refractivity contribution is 5.20. The summed E-state index contributed by atoms with van der Waals surface area (Å²) in [4.78, 5) is 4.25. The van der Waals surface area contributed by atoms with Crippen LogP contribution in [0.3, 0.4) is 0 Å². The highest BCUT2D eigenvalue weighted by Gasteiger charge is 2.04. The third kappa shape index (κ3) is 6.01. The SMILES string of the molecule is CCCC(C)COc1cc(CNC(C)C)ccn1. The number of nitrogens with zero attached hydrogens (tertiary/aromatic N) is 1. The van der Waals surface area contributed by atoms with Gasteiger partial charge in [0, 0.05) is 24.8 Å². The summed E-state index contributed by atoms with van der Waals surface area (Å²) in [7, 11) is 0. The van der Waals surface area contributed by atoms with Crippen LogP contribution < -0.4 is 10.1 Å². The summed E-state index contributed by atoms with van der Waals surface area (Å²) >= 11 is 0. The summed E-state index contributed by atoms with van der Waals surface area (Å²) in [5.41, 5.74) is 1.22. The van der Waals surface area contributed by atoms with E-state index in [0.717, 1.165) is 19.0 Å². The van der Waals surface area contributed by atoms with Crippen LogP contribution in [0.2, 0.25) is 0 Å². The molecular formula is C15H26N2O. The van der Waals surface area contributed by atoms with Gasteiger partial charge in [0.05, 0.1) is 6.61 Å². The molecule has 1 unspecified atom stereocenters. The molecule has 0 aliphatic heterocycles. The summed E-state index contributed by atoms with van der Waals surface area (Å²) in [6.45, 7) is 10.3. The van der Waals surface area contributed by atoms with Gasteiger partial charge in [-0.15, -0.1) is 0 Å². The Hall–Kier alpha value is -1.09. The van der Waals surface area contributed by atoms with Gasteiger partial charge in [0.15, 0.2) is 0 Å². The molecule has 102 valence electrons. The Morgan fingerprint density at radius 1 is 1.33 bits per heavy atom. The second-order valence-electron chi connectivity index (χ2n) is 5.24. The van der Waals surface area contributed by atoms with E-state index in [1.54, 1.807) is 0 Å². The van der Waals surface area contributed by atoms with Gasteiger partial charge >= 0.3 is 0 Å². The molecule has 1 heterocycles. The fourth-order valence-corrected chi connectivity index (χ4v) is 1.77. The zero-order valence-electron chi connectivity index (χ0n) is 12.1. The molecule has 0 aliphatic carbocycles. The first-order chi connectivity index (χ1) is 8.61. The number of rotatable bonds is 8. The van der Waals surface area contributed by atoms with Crippen LogP contribution in [0, 0.1) is 5.92 Å². The smallest absolute Gasteiger partial charge is 0.213 e. The molecule has 18 heavy (non-hydrogen) atoms. The Morgan fingerprint density at radius 3 is 2.78 bits per heavy atom. The molecule has 0 fully saturated rings. The molecule has 0 radical (unpaired) electrons. The average molecular weight is 250 g/mol. The standard InChI is InChI=1S/C15H26N2O/c1-5-6-13(4)11-18-15-9-14(7-8-16-15)10-17-12(2)3/h7-9,12-13,17H,5-6,10-11H2,1-4H3. The molecular weight excluding hydrogens is 224 g/mol. The van der Waals surface area contributed by atoms with E-state index in [1.807, 2.05) is 18.3 Å². The van der Waals surface area contributed by atoms with Crippen LogP contribution in [-0.2, 0) is 6.54 Å². The number of ether oxygens (including phenoxy) is 1. The van der Waals surface area contributed by atoms with Gasteiger partial charge in [-0.1, -0.05) is 34.1 Å². The van der Waals surface area contributed by atoms with Crippen molar-refractivity contribution < 1.29 is 4.74 Å². The van der Waals surface area contributed by atoms with Crippen molar-refractivity contribution in [3.05, 3.63) is 23.9 Å². The maximum atomic E-state index is 5.73. The lowest BCUT2D eigenvalue weighted by Crippen LogP contribution is -2.21. The second-order valence-corrected chi connectivity index (χ2v) is 5.24. The third-order valence-corrected chi connectivity index (χ3v) is 2.81. The highest BCUT2D eigenvalue weighted by Crippen LogP contribution is 2.12. The van der Waals surface area contributed by atoms with Crippen LogP contribution in [-0.4, -0.2) is 17.6 Å². The van der Waals surface area contributed by atoms with Crippen LogP contribution in [0.5, 0.6) is 5.88 Å². The van der Waals surface area contributed by atoms with Crippen molar-refractivity contribution in [2.45, 2.75) is 53.1 Å². The minimum Gasteiger partial charge on any atom is -0.477 e. The van der Waals surface area contributed by atoms with Crippen molar-refractivity contribution in [2.24, 2.45) is 5.92 Å². The zero-order chi connectivity index (χ0) is 13.4. The minimum atomic E-state index is 0.493. The third-order valence-electron chi connectivity index (χ3n) is 2.81. The Bertz CT molecular complexity index is 339. The lowest BCUT2D eigenvalue weighted by atomic mass is 10.1. The van der Waals surface area contributed by atoms with Gasteiger partial charge in [0.1, 0.15) is 0 Å². The molecule has 0 bridgehead atoms. The first-order valence-corrected chi connectivity index (χ1v) is 6.93. The lowest BCUT2D eigenvalue weighted by molar-refractivity contribution is 0.243. The Kier molecular flexibility index (Phi) is 6.73. The van der Waals surface area contributed by atoms with Crippen LogP contribution in [0.4, 0.5) is 0 Å². The topological polar surface area (TPSA) is 34.1 Å². The van der Waals surface area contributed by atoms with Crippen molar-refractivity contribution in [1.29, 1.82) is 0 Å². The van der Waals surface area contributed by atoms with Gasteiger partial charge < -0.3 is 10.1 Å². The molecule has 0 spiro atoms. The molecule has 1 aromatic rings. The molecule has 1 rings (SSSR count). The molecule has 1 aromatic heterocycles. The molecule has 0 saturated heterocycles. The van der Waals surface area contributed by atoms with Gasteiger partial charge in [-0.3, -0.25) is 0 Å². The molecule has 0 aromatic carbocycles. The van der Waals surface area contributed by atoms with Crippen LogP contribution in [0.1, 0.15) is 46.1 Å². The second kappa shape index (κ2) is 8.09. The van der Waals surface area contributed by atoms with Crippen LogP contribution in [0.15, 0.2) is 18.3 Å². The van der Waals surface area contributed by atoms with Crippen molar-refractivity contribution >= 4 is 0 Å². The molecule has 3 nitrogen and oxygen atoms in total. The van der Waals surface area contributed by atoms with E-state index in [9.17, 15) is 0 Å². The first-order valence-electron chi connectivity index (χ1n) is 6.93. The lowest BCUT2D eigenvalue weighted by Gasteiger charge is -2.12. The summed E-state index contributed by atoms with van der Waals surface area (Å²) in [6.07, 6.45) is 4.22. The van der Waals surface area contributed by atoms with Gasteiger partial charge in [-0.2, -0.15) is 0 Å². The van der Waals surface area contributed by atoms with Gasteiger partial charge in [0.2, 0.25) is 5.88 Å². The van der Waals surface area contributed by atoms with E-state index >= 15 is 0 Å². The maximum Gasteiger partial charge on any atom is 0.213 e. The quantitative estimate of drug-likeness (QED) is 0.768. The summed E-state index contributed by atoms with van der Waals surface area (Å²) < 4.78 is 5.73. The summed E-state index contributed by atoms with van der Waals surface area (Å²) in [5.74, 6) is 1.33. The van der Waals surface area contributed by atoms with Gasteiger partial charge in [-0.05, 0) is 24.0 Å². The Morgan fingerprint density at radius 2 is 2.11 bits per heavy atom. The Labute approximate surface area is 111 Å². The molecule has 1 atom stereocenters. The van der Waals surface area contributed by atoms with Crippen molar-refractivity contribution in [3.63, 3.8) is 0 Å². The number of hydrogen-bond acceptors (Lipinski definition) is 3. The first kappa shape index (κ1) is 15.0. The fourth-order valence-electron chi connectivity index (χ4n) is 1.77. The molecule has 3 heteroatoms. The van der Waals surface area contributed by atoms with Crippen molar-refractivity contribution in [2.75, 3.05) is 6.61 Å². The average Bonchev–Trinajstić information content (AvgIpc) is 2.35. The van der Waals surface area contributed by atoms with E-state index in [-0.39, 0.29) is 0 Å². The van der Waals surface area contributed by atoms with E-state index in [4.69, 9.17) is 4.74 Å². The predicted octanol–water partition coefficient (Wildman–Crippen LogP) is 3.39. The van der Waals surface area contributed by atoms with E-state index in [2.05, 4.69) is 38.0 Å². The molecule has 1 N–H and O–H groups in total. The summed E-state index contributed by atoms with van der Waals surface area (Å²) in [6, 6.07) is 4.54. The van der Waals surface area contributed by atoms with Crippen molar-refractivity contribution in [1.82, 2.24) is 10.3 Å². The van der Waals surface area contributed by atoms with E-state index in [0.29, 0.717) is 12.0 Å². The number of hydrogen-bond donors (Lipinski definition) is 1. The predicted molar refractivity (Wildman–Crippen MR) is 75.8 cm³/mol. The number of pyridine rings is 1. The molecule has 0 saturated carbocycles. The van der Waals surface area contributed by atoms with Crippen LogP contribution in [0.25, 0.3) is 0 Å². The fraction of sp³-hybridized carbons (Fsp3) is 0.667. The Balaban J connectivity index is 2.43. The summed E-state index contributed by atoms with van der Waals surface area (Å²) in [5, 5.41) is 3.39. The normalized spacial score (nSPS) is 12.7. The van der Waals surface area contributed by atoms with Gasteiger partial charge in [0.25, 0.3) is 0 Å². The number of nitrogens with one attached hydrogen (secondary N) is 1. The van der Waals surface area contributed by atoms with E-state index < -0.39 is 0 Å². The molecule has 0 aliphatic rings. The highest BCUT2D eigenvalue weighted by atomic mass is 16.5. The monoisotopic (exact) mass is 250 g/mol. The minimum absolute atomic E-state index is 0.493. The zero-order valence-corrected chi connectivity index (χ0v) is 12.1. The molecule has 0 amide bonds. The van der Waals surface area contributed by atoms with Crippen LogP contribution >= 0.6 is 0 Å². The van der Waals surface area contributed by atoms with Gasteiger partial charge in [-0.25, -0.2) is 4.98 Å². The largest absolute Gasteiger partial charge is 0.477 e. The maximum absolute atomic E-state index is 5.73.